The topological polar surface area (TPSA) is 0 Å². The van der Waals surface area contributed by atoms with Gasteiger partial charge in [0.1, 0.15) is 0 Å². The van der Waals surface area contributed by atoms with Crippen LogP contribution in [0.3, 0.4) is 0 Å². The molecule has 0 aromatic carbocycles. The van der Waals surface area contributed by atoms with Crippen LogP contribution in [-0.2, 0) is 0 Å². The Labute approximate surface area is 42.4 Å². The van der Waals surface area contributed by atoms with Crippen molar-refractivity contribution in [2.24, 2.45) is 0 Å². The zero-order valence-corrected chi connectivity index (χ0v) is 4.78. The highest BCUT2D eigenvalue weighted by Gasteiger charge is 2.17. The molecule has 0 spiro atoms. The van der Waals surface area contributed by atoms with Crippen LogP contribution in [0.2, 0.25) is 5.54 Å². The van der Waals surface area contributed by atoms with Crippen molar-refractivity contribution in [3.8, 4) is 0 Å². The standard InChI is InChI=1S/C5H8Si/c6-5-3-1-2-4-5/h3,5H,1-2,4H2/q+1/t5-/m0/s1. The maximum Gasteiger partial charge on any atom is 0.0950 e. The monoisotopic (exact) mass is 96.0 g/mol. The molecule has 0 unspecified atom stereocenters. The minimum Gasteiger partial charge on any atom is -0.0101 e. The van der Waals surface area contributed by atoms with E-state index in [2.05, 4.69) is 16.7 Å². The second kappa shape index (κ2) is 1.69. The molecule has 0 aliphatic heterocycles. The van der Waals surface area contributed by atoms with Crippen LogP contribution in [0, 0.1) is 6.42 Å². The van der Waals surface area contributed by atoms with E-state index in [0.29, 0.717) is 0 Å². The summed E-state index contributed by atoms with van der Waals surface area (Å²) < 4.78 is 0. The minimum atomic E-state index is 0.727. The number of hydrogen-bond acceptors (Lipinski definition) is 0. The SMILES string of the molecule is [Si][C@H]1[CH+]CCC1. The fourth-order valence-corrected chi connectivity index (χ4v) is 1.15. The van der Waals surface area contributed by atoms with Gasteiger partial charge < -0.3 is 0 Å². The fourth-order valence-electron chi connectivity index (χ4n) is 0.775. The molecule has 1 rings (SSSR count). The van der Waals surface area contributed by atoms with E-state index in [-0.39, 0.29) is 0 Å². The lowest BCUT2D eigenvalue weighted by molar-refractivity contribution is 0.883. The van der Waals surface area contributed by atoms with Crippen molar-refractivity contribution in [3.05, 3.63) is 6.42 Å². The van der Waals surface area contributed by atoms with Gasteiger partial charge >= 0.3 is 0 Å². The molecule has 0 N–H and O–H groups in total. The van der Waals surface area contributed by atoms with E-state index in [1.807, 2.05) is 0 Å². The van der Waals surface area contributed by atoms with E-state index in [0.717, 1.165) is 5.54 Å². The second-order valence-corrected chi connectivity index (χ2v) is 2.51. The molecule has 1 aliphatic rings. The van der Waals surface area contributed by atoms with E-state index >= 15 is 0 Å². The van der Waals surface area contributed by atoms with Crippen LogP contribution >= 0.6 is 0 Å². The van der Waals surface area contributed by atoms with E-state index in [1.54, 1.807) is 0 Å². The third-order valence-electron chi connectivity index (χ3n) is 1.17. The molecule has 1 fully saturated rings. The van der Waals surface area contributed by atoms with Crippen LogP contribution < -0.4 is 0 Å². The lowest BCUT2D eigenvalue weighted by atomic mass is 10.4. The summed E-state index contributed by atoms with van der Waals surface area (Å²) in [5.74, 6) is 0. The molecule has 0 bridgehead atoms. The molecule has 0 aromatic heterocycles. The van der Waals surface area contributed by atoms with Gasteiger partial charge in [-0.3, -0.25) is 0 Å². The summed E-state index contributed by atoms with van der Waals surface area (Å²) in [6.45, 7) is 0. The molecule has 0 saturated heterocycles. The van der Waals surface area contributed by atoms with E-state index < -0.39 is 0 Å². The maximum absolute atomic E-state index is 3.53. The largest absolute Gasteiger partial charge is 0.0950 e. The number of rotatable bonds is 0. The summed E-state index contributed by atoms with van der Waals surface area (Å²) in [5, 5.41) is 0. The Balaban J connectivity index is 2.18. The molecule has 0 heterocycles. The van der Waals surface area contributed by atoms with Crippen molar-refractivity contribution < 1.29 is 0 Å². The Morgan fingerprint density at radius 1 is 1.67 bits per heavy atom. The highest BCUT2D eigenvalue weighted by Crippen LogP contribution is 2.24. The van der Waals surface area contributed by atoms with Gasteiger partial charge in [-0.15, -0.1) is 0 Å². The van der Waals surface area contributed by atoms with Crippen molar-refractivity contribution in [1.29, 1.82) is 0 Å². The molecular weight excluding hydrogens is 88.1 g/mol. The maximum atomic E-state index is 3.53. The first-order valence-corrected chi connectivity index (χ1v) is 3.02. The summed E-state index contributed by atoms with van der Waals surface area (Å²) in [6.07, 6.45) is 6.36. The van der Waals surface area contributed by atoms with Gasteiger partial charge in [0.05, 0.1) is 28.6 Å². The van der Waals surface area contributed by atoms with Gasteiger partial charge in [0.25, 0.3) is 0 Å². The Morgan fingerprint density at radius 3 is 2.67 bits per heavy atom. The van der Waals surface area contributed by atoms with Crippen molar-refractivity contribution in [2.45, 2.75) is 24.8 Å². The van der Waals surface area contributed by atoms with Crippen molar-refractivity contribution in [1.82, 2.24) is 0 Å². The van der Waals surface area contributed by atoms with Crippen molar-refractivity contribution in [3.63, 3.8) is 0 Å². The Hall–Kier alpha value is 0.0869. The van der Waals surface area contributed by atoms with Crippen LogP contribution in [0.4, 0.5) is 0 Å². The van der Waals surface area contributed by atoms with Gasteiger partial charge in [-0.25, -0.2) is 0 Å². The normalized spacial score (nSPS) is 33.2. The highest BCUT2D eigenvalue weighted by molar-refractivity contribution is 6.12. The molecule has 1 aliphatic carbocycles. The molecule has 31 valence electrons. The summed E-state index contributed by atoms with van der Waals surface area (Å²) in [4.78, 5) is 0. The predicted molar refractivity (Wildman–Crippen MR) is 27.7 cm³/mol. The van der Waals surface area contributed by atoms with Gasteiger partial charge in [-0.2, -0.15) is 0 Å². The van der Waals surface area contributed by atoms with Gasteiger partial charge in [0.15, 0.2) is 0 Å². The van der Waals surface area contributed by atoms with Crippen molar-refractivity contribution in [2.75, 3.05) is 0 Å². The zero-order valence-electron chi connectivity index (χ0n) is 3.78. The molecule has 0 amide bonds. The average Bonchev–Trinajstić information content (AvgIpc) is 1.86. The van der Waals surface area contributed by atoms with Gasteiger partial charge in [0, 0.05) is 0 Å². The van der Waals surface area contributed by atoms with Crippen LogP contribution in [0.15, 0.2) is 0 Å². The first-order chi connectivity index (χ1) is 2.89. The molecule has 0 aromatic rings. The first-order valence-electron chi connectivity index (χ1n) is 2.44. The molecule has 6 heavy (non-hydrogen) atoms. The quantitative estimate of drug-likeness (QED) is 0.315. The predicted octanol–water partition coefficient (Wildman–Crippen LogP) is 1.33. The summed E-state index contributed by atoms with van der Waals surface area (Å²) in [5.41, 5.74) is 0.727. The first kappa shape index (κ1) is 4.25. The van der Waals surface area contributed by atoms with E-state index in [9.17, 15) is 0 Å². The lowest BCUT2D eigenvalue weighted by Crippen LogP contribution is -1.78. The van der Waals surface area contributed by atoms with E-state index in [1.165, 1.54) is 19.3 Å². The molecule has 1 saturated carbocycles. The third kappa shape index (κ3) is 0.775. The Morgan fingerprint density at radius 2 is 2.50 bits per heavy atom. The molecule has 1 atom stereocenters. The van der Waals surface area contributed by atoms with Gasteiger partial charge in [-0.05, 0) is 12.8 Å². The smallest absolute Gasteiger partial charge is 0.0101 e. The van der Waals surface area contributed by atoms with Gasteiger partial charge in [0.2, 0.25) is 0 Å². The van der Waals surface area contributed by atoms with Crippen LogP contribution in [-0.4, -0.2) is 10.2 Å². The number of hydrogen-bond donors (Lipinski definition) is 0. The highest BCUT2D eigenvalue weighted by atomic mass is 28.1. The lowest BCUT2D eigenvalue weighted by Gasteiger charge is -1.80. The summed E-state index contributed by atoms with van der Waals surface area (Å²) in [7, 11) is 3.53. The summed E-state index contributed by atoms with van der Waals surface area (Å²) in [6, 6.07) is 0. The van der Waals surface area contributed by atoms with Crippen LogP contribution in [0.5, 0.6) is 0 Å². The molecule has 0 nitrogen and oxygen atoms in total. The van der Waals surface area contributed by atoms with Crippen LogP contribution in [0.25, 0.3) is 0 Å². The molecule has 3 radical (unpaired) electrons. The second-order valence-electron chi connectivity index (χ2n) is 1.77. The van der Waals surface area contributed by atoms with Gasteiger partial charge in [-0.1, -0.05) is 0 Å². The third-order valence-corrected chi connectivity index (χ3v) is 1.69. The Bertz CT molecular complexity index is 37.2. The molecular formula is C5H8Si+. The van der Waals surface area contributed by atoms with Crippen molar-refractivity contribution >= 4 is 10.2 Å². The summed E-state index contributed by atoms with van der Waals surface area (Å²) >= 11 is 0. The van der Waals surface area contributed by atoms with Crippen LogP contribution in [0.1, 0.15) is 19.3 Å². The van der Waals surface area contributed by atoms with E-state index in [4.69, 9.17) is 0 Å². The zero-order chi connectivity index (χ0) is 4.41. The minimum absolute atomic E-state index is 0.727. The fraction of sp³-hybridized carbons (Fsp3) is 0.800. The molecule has 1 heteroatoms. The Kier molecular flexibility index (Phi) is 1.20. The average molecular weight is 96.2 g/mol.